The monoisotopic (exact) mass is 250 g/mol. The van der Waals surface area contributed by atoms with Crippen LogP contribution in [0.15, 0.2) is 23.7 Å². The number of hydrogen-bond acceptors (Lipinski definition) is 2. The molecule has 1 atom stereocenters. The van der Waals surface area contributed by atoms with E-state index in [0.29, 0.717) is 12.6 Å². The third-order valence-corrected chi connectivity index (χ3v) is 3.08. The van der Waals surface area contributed by atoms with Crippen molar-refractivity contribution in [3.8, 4) is 0 Å². The Balaban J connectivity index is 2.01. The number of aliphatic imine (C=N–C) groups is 1. The van der Waals surface area contributed by atoms with Gasteiger partial charge in [0.2, 0.25) is 6.33 Å². The lowest BCUT2D eigenvalue weighted by Crippen LogP contribution is -2.38. The van der Waals surface area contributed by atoms with Crippen molar-refractivity contribution < 1.29 is 9.30 Å². The van der Waals surface area contributed by atoms with Crippen molar-refractivity contribution in [1.82, 2.24) is 4.57 Å². The third kappa shape index (κ3) is 2.92. The second-order valence-electron chi connectivity index (χ2n) is 6.30. The van der Waals surface area contributed by atoms with Gasteiger partial charge in [-0.25, -0.2) is 14.1 Å². The highest BCUT2D eigenvalue weighted by Crippen LogP contribution is 2.22. The minimum Gasteiger partial charge on any atom is -0.478 e. The van der Waals surface area contributed by atoms with Gasteiger partial charge in [0.05, 0.1) is 6.04 Å². The van der Waals surface area contributed by atoms with Crippen LogP contribution in [-0.4, -0.2) is 23.1 Å². The normalized spacial score (nSPS) is 20.1. The second-order valence-corrected chi connectivity index (χ2v) is 6.30. The Morgan fingerprint density at radius 2 is 2.22 bits per heavy atom. The number of hydrogen-bond donors (Lipinski definition) is 0. The van der Waals surface area contributed by atoms with Crippen LogP contribution in [-0.2, 0) is 11.3 Å². The number of aromatic nitrogens is 2. The molecule has 0 spiro atoms. The van der Waals surface area contributed by atoms with E-state index in [1.807, 2.05) is 0 Å². The van der Waals surface area contributed by atoms with E-state index in [4.69, 9.17) is 4.74 Å². The maximum atomic E-state index is 5.69. The van der Waals surface area contributed by atoms with Crippen LogP contribution >= 0.6 is 0 Å². The molecule has 0 aliphatic carbocycles. The molecule has 18 heavy (non-hydrogen) atoms. The van der Waals surface area contributed by atoms with Crippen molar-refractivity contribution in [3.05, 3.63) is 18.7 Å². The zero-order valence-corrected chi connectivity index (χ0v) is 12.1. The molecule has 0 N–H and O–H groups in total. The van der Waals surface area contributed by atoms with Crippen LogP contribution in [0.25, 0.3) is 0 Å². The number of rotatable bonds is 3. The zero-order valence-electron chi connectivity index (χ0n) is 12.1. The lowest BCUT2D eigenvalue weighted by molar-refractivity contribution is -0.698. The molecule has 4 heteroatoms. The fourth-order valence-electron chi connectivity index (χ4n) is 1.99. The first-order chi connectivity index (χ1) is 8.36. The molecule has 0 radical (unpaired) electrons. The van der Waals surface area contributed by atoms with Gasteiger partial charge in [0.25, 0.3) is 0 Å². The Bertz CT molecular complexity index is 440. The fourth-order valence-corrected chi connectivity index (χ4v) is 1.99. The van der Waals surface area contributed by atoms with Crippen molar-refractivity contribution in [3.63, 3.8) is 0 Å². The average molecular weight is 250 g/mol. The van der Waals surface area contributed by atoms with E-state index < -0.39 is 0 Å². The molecule has 100 valence electrons. The summed E-state index contributed by atoms with van der Waals surface area (Å²) in [6.07, 6.45) is 6.34. The van der Waals surface area contributed by atoms with Gasteiger partial charge in [-0.05, 0) is 13.8 Å². The van der Waals surface area contributed by atoms with Crippen molar-refractivity contribution in [2.75, 3.05) is 6.61 Å². The highest BCUT2D eigenvalue weighted by Gasteiger charge is 2.29. The van der Waals surface area contributed by atoms with Crippen molar-refractivity contribution in [1.29, 1.82) is 0 Å². The summed E-state index contributed by atoms with van der Waals surface area (Å²) >= 11 is 0. The van der Waals surface area contributed by atoms with Gasteiger partial charge < -0.3 is 4.74 Å². The quantitative estimate of drug-likeness (QED) is 0.756. The molecular weight excluding hydrogens is 226 g/mol. The molecule has 0 fully saturated rings. The van der Waals surface area contributed by atoms with Crippen molar-refractivity contribution >= 4 is 5.90 Å². The van der Waals surface area contributed by atoms with E-state index in [2.05, 4.69) is 67.5 Å². The maximum absolute atomic E-state index is 5.69. The molecule has 0 unspecified atom stereocenters. The first kappa shape index (κ1) is 13.1. The molecule has 0 bridgehead atoms. The summed E-state index contributed by atoms with van der Waals surface area (Å²) in [6, 6.07) is 0.743. The van der Waals surface area contributed by atoms with Crippen LogP contribution in [0.1, 0.15) is 40.7 Å². The molecule has 2 heterocycles. The summed E-state index contributed by atoms with van der Waals surface area (Å²) in [6.45, 7) is 12.4. The van der Waals surface area contributed by atoms with Gasteiger partial charge in [0.15, 0.2) is 5.90 Å². The largest absolute Gasteiger partial charge is 0.478 e. The summed E-state index contributed by atoms with van der Waals surface area (Å²) in [5.74, 6) is 0.886. The summed E-state index contributed by atoms with van der Waals surface area (Å²) < 4.78 is 10.1. The molecule has 0 amide bonds. The van der Waals surface area contributed by atoms with Crippen molar-refractivity contribution in [2.45, 2.75) is 53.2 Å². The van der Waals surface area contributed by atoms with E-state index >= 15 is 0 Å². The average Bonchev–Trinajstić information content (AvgIpc) is 2.85. The molecule has 1 aromatic heterocycles. The molecule has 1 aromatic rings. The highest BCUT2D eigenvalue weighted by molar-refractivity contribution is 5.82. The number of imidazole rings is 1. The molecule has 4 nitrogen and oxygen atoms in total. The Kier molecular flexibility index (Phi) is 3.46. The SMILES string of the molecule is CC(C)n1cc[n+](C[C@@H]2COC(C(C)(C)C)=N2)c1. The van der Waals surface area contributed by atoms with Crippen LogP contribution in [0.3, 0.4) is 0 Å². The van der Waals surface area contributed by atoms with Gasteiger partial charge in [0.1, 0.15) is 31.6 Å². The lowest BCUT2D eigenvalue weighted by atomic mass is 9.97. The summed E-state index contributed by atoms with van der Waals surface area (Å²) in [5, 5.41) is 0. The van der Waals surface area contributed by atoms with Gasteiger partial charge in [-0.3, -0.25) is 0 Å². The first-order valence-corrected chi connectivity index (χ1v) is 6.64. The Morgan fingerprint density at radius 1 is 1.50 bits per heavy atom. The van der Waals surface area contributed by atoms with Gasteiger partial charge >= 0.3 is 0 Å². The second kappa shape index (κ2) is 4.75. The van der Waals surface area contributed by atoms with E-state index in [1.54, 1.807) is 0 Å². The molecule has 2 rings (SSSR count). The van der Waals surface area contributed by atoms with Gasteiger partial charge in [-0.2, -0.15) is 0 Å². The topological polar surface area (TPSA) is 30.4 Å². The minimum absolute atomic E-state index is 0.0171. The fraction of sp³-hybridized carbons (Fsp3) is 0.714. The van der Waals surface area contributed by atoms with E-state index in [-0.39, 0.29) is 11.5 Å². The van der Waals surface area contributed by atoms with E-state index in [1.165, 1.54) is 0 Å². The predicted molar refractivity (Wildman–Crippen MR) is 71.6 cm³/mol. The third-order valence-electron chi connectivity index (χ3n) is 3.08. The minimum atomic E-state index is 0.0171. The van der Waals surface area contributed by atoms with Crippen LogP contribution < -0.4 is 4.57 Å². The molecule has 0 saturated heterocycles. The van der Waals surface area contributed by atoms with Gasteiger partial charge in [0, 0.05) is 5.41 Å². The van der Waals surface area contributed by atoms with Crippen LogP contribution in [0.5, 0.6) is 0 Å². The summed E-state index contributed by atoms with van der Waals surface area (Å²) in [7, 11) is 0. The maximum Gasteiger partial charge on any atom is 0.244 e. The molecule has 1 aliphatic heterocycles. The standard InChI is InChI=1S/C14H24N3O/c1-11(2)17-7-6-16(10-17)8-12-9-18-13(15-12)14(3,4)5/h6-7,10-12H,8-9H2,1-5H3/q+1/t12-/m1/s1. The Hall–Kier alpha value is -1.32. The molecule has 0 aromatic carbocycles. The smallest absolute Gasteiger partial charge is 0.244 e. The molecular formula is C14H24N3O+. The Morgan fingerprint density at radius 3 is 2.72 bits per heavy atom. The van der Waals surface area contributed by atoms with Gasteiger partial charge in [-0.1, -0.05) is 20.8 Å². The highest BCUT2D eigenvalue weighted by atomic mass is 16.5. The lowest BCUT2D eigenvalue weighted by Gasteiger charge is -2.16. The number of ether oxygens (including phenoxy) is 1. The molecule has 0 saturated carbocycles. The van der Waals surface area contributed by atoms with Crippen molar-refractivity contribution in [2.24, 2.45) is 10.4 Å². The summed E-state index contributed by atoms with van der Waals surface area (Å²) in [4.78, 5) is 4.67. The first-order valence-electron chi connectivity index (χ1n) is 6.64. The summed E-state index contributed by atoms with van der Waals surface area (Å²) in [5.41, 5.74) is 0.0171. The predicted octanol–water partition coefficient (Wildman–Crippen LogP) is 2.20. The zero-order chi connectivity index (χ0) is 13.3. The van der Waals surface area contributed by atoms with Gasteiger partial charge in [-0.15, -0.1) is 0 Å². The van der Waals surface area contributed by atoms with E-state index in [0.717, 1.165) is 12.4 Å². The molecule has 1 aliphatic rings. The van der Waals surface area contributed by atoms with Crippen LogP contribution in [0, 0.1) is 5.41 Å². The van der Waals surface area contributed by atoms with Crippen LogP contribution in [0.2, 0.25) is 0 Å². The van der Waals surface area contributed by atoms with E-state index in [9.17, 15) is 0 Å². The number of nitrogens with zero attached hydrogens (tertiary/aromatic N) is 3. The Labute approximate surface area is 109 Å². The van der Waals surface area contributed by atoms with Crippen LogP contribution in [0.4, 0.5) is 0 Å².